The van der Waals surface area contributed by atoms with Crippen molar-refractivity contribution in [1.29, 1.82) is 0 Å². The Kier molecular flexibility index (Phi) is 5.14. The molecule has 0 bridgehead atoms. The Bertz CT molecular complexity index is 418. The molecule has 0 fully saturated rings. The second-order valence-electron chi connectivity index (χ2n) is 3.25. The van der Waals surface area contributed by atoms with Crippen molar-refractivity contribution in [3.63, 3.8) is 0 Å². The molecule has 0 aliphatic rings. The quantitative estimate of drug-likeness (QED) is 0.561. The molecule has 0 aromatic carbocycles. The summed E-state index contributed by atoms with van der Waals surface area (Å²) in [6.45, 7) is -1.98. The number of hydrogen-bond donors (Lipinski definition) is 0. The predicted octanol–water partition coefficient (Wildman–Crippen LogP) is 1.94. The Morgan fingerprint density at radius 1 is 1.33 bits per heavy atom. The molecule has 1 heterocycles. The van der Waals surface area contributed by atoms with Crippen LogP contribution >= 0.6 is 0 Å². The number of alkyl halides is 4. The Morgan fingerprint density at radius 3 is 2.67 bits per heavy atom. The molecule has 0 aliphatic heterocycles. The minimum absolute atomic E-state index is 0.110. The smallest absolute Gasteiger partial charge is 0.330 e. The van der Waals surface area contributed by atoms with E-state index in [1.165, 1.54) is 0 Å². The Morgan fingerprint density at radius 2 is 2.06 bits per heavy atom. The zero-order chi connectivity index (χ0) is 13.6. The second-order valence-corrected chi connectivity index (χ2v) is 3.25. The summed E-state index contributed by atoms with van der Waals surface area (Å²) < 4.78 is 62.0. The summed E-state index contributed by atoms with van der Waals surface area (Å²) in [5.74, 6) is -4.30. The molecule has 0 saturated carbocycles. The summed E-state index contributed by atoms with van der Waals surface area (Å²) in [4.78, 5) is 11.1. The van der Waals surface area contributed by atoms with Gasteiger partial charge in [-0.3, -0.25) is 4.79 Å². The highest BCUT2D eigenvalue weighted by molar-refractivity contribution is 5.13. The summed E-state index contributed by atoms with van der Waals surface area (Å²) in [5, 5.41) is 0. The molecule has 0 saturated heterocycles. The van der Waals surface area contributed by atoms with Crippen LogP contribution in [-0.4, -0.2) is 32.2 Å². The van der Waals surface area contributed by atoms with Gasteiger partial charge in [0, 0.05) is 6.07 Å². The van der Waals surface area contributed by atoms with Gasteiger partial charge in [0.25, 0.3) is 0 Å². The Balaban J connectivity index is 2.24. The average Bonchev–Trinajstić information content (AvgIpc) is 2.30. The highest BCUT2D eigenvalue weighted by atomic mass is 19.3. The van der Waals surface area contributed by atoms with Crippen LogP contribution in [0.1, 0.15) is 0 Å². The first-order chi connectivity index (χ1) is 8.43. The molecule has 0 radical (unpaired) electrons. The average molecular weight is 270 g/mol. The van der Waals surface area contributed by atoms with Gasteiger partial charge < -0.3 is 13.9 Å². The fraction of sp³-hybridized carbons (Fsp3) is 0.500. The first kappa shape index (κ1) is 14.5. The molecule has 1 rings (SSSR count). The van der Waals surface area contributed by atoms with Crippen molar-refractivity contribution in [2.24, 2.45) is 0 Å². The van der Waals surface area contributed by atoms with Gasteiger partial charge in [-0.25, -0.2) is 8.78 Å². The molecule has 18 heavy (non-hydrogen) atoms. The molecule has 0 atom stereocenters. The van der Waals surface area contributed by atoms with Gasteiger partial charge in [-0.2, -0.15) is 8.78 Å². The van der Waals surface area contributed by atoms with Crippen LogP contribution in [0.15, 0.2) is 27.8 Å². The molecule has 1 aromatic rings. The summed E-state index contributed by atoms with van der Waals surface area (Å²) in [5.41, 5.74) is -0.445. The minimum Gasteiger partial charge on any atom is -0.484 e. The van der Waals surface area contributed by atoms with Gasteiger partial charge in [-0.1, -0.05) is 0 Å². The van der Waals surface area contributed by atoms with E-state index < -0.39 is 24.4 Å². The molecule has 0 unspecified atom stereocenters. The zero-order valence-electron chi connectivity index (χ0n) is 9.08. The van der Waals surface area contributed by atoms with Crippen molar-refractivity contribution in [3.8, 4) is 5.75 Å². The van der Waals surface area contributed by atoms with Crippen LogP contribution in [0.25, 0.3) is 0 Å². The van der Waals surface area contributed by atoms with Crippen molar-refractivity contribution >= 4 is 0 Å². The van der Waals surface area contributed by atoms with Crippen molar-refractivity contribution in [2.75, 3.05) is 19.8 Å². The lowest BCUT2D eigenvalue weighted by molar-refractivity contribution is -0.166. The summed E-state index contributed by atoms with van der Waals surface area (Å²) >= 11 is 0. The molecule has 8 heteroatoms. The molecule has 102 valence electrons. The fourth-order valence-electron chi connectivity index (χ4n) is 0.929. The normalized spacial score (nSPS) is 11.8. The minimum atomic E-state index is -4.19. The highest BCUT2D eigenvalue weighted by Crippen LogP contribution is 2.22. The topological polar surface area (TPSA) is 48.7 Å². The molecule has 0 aliphatic carbocycles. The van der Waals surface area contributed by atoms with Crippen molar-refractivity contribution < 1.29 is 31.5 Å². The van der Waals surface area contributed by atoms with Crippen LogP contribution in [0.2, 0.25) is 0 Å². The van der Waals surface area contributed by atoms with E-state index in [0.717, 1.165) is 18.6 Å². The lowest BCUT2D eigenvalue weighted by Gasteiger charge is -2.15. The van der Waals surface area contributed by atoms with Gasteiger partial charge in [0.05, 0.1) is 12.9 Å². The maximum atomic E-state index is 12.4. The van der Waals surface area contributed by atoms with Crippen LogP contribution < -0.4 is 10.2 Å². The van der Waals surface area contributed by atoms with Gasteiger partial charge in [0.15, 0.2) is 0 Å². The molecule has 0 amide bonds. The van der Waals surface area contributed by atoms with Crippen LogP contribution in [0, 0.1) is 0 Å². The third-order valence-corrected chi connectivity index (χ3v) is 1.81. The lowest BCUT2D eigenvalue weighted by atomic mass is 10.4. The molecule has 1 aromatic heterocycles. The lowest BCUT2D eigenvalue weighted by Crippen LogP contribution is -2.33. The van der Waals surface area contributed by atoms with Crippen molar-refractivity contribution in [1.82, 2.24) is 0 Å². The van der Waals surface area contributed by atoms with E-state index in [-0.39, 0.29) is 19.0 Å². The first-order valence-electron chi connectivity index (χ1n) is 4.86. The largest absolute Gasteiger partial charge is 0.484 e. The number of rotatable bonds is 7. The SMILES string of the molecule is O=c1ccocc1OCCOCC(F)(F)C(F)F. The standard InChI is InChI=1S/C10H10F4O4/c11-9(12)10(13,14)6-17-3-4-18-8-5-16-2-1-7(8)15/h1-2,5,9H,3-4,6H2. The van der Waals surface area contributed by atoms with E-state index in [1.807, 2.05) is 0 Å². The van der Waals surface area contributed by atoms with E-state index in [9.17, 15) is 22.4 Å². The maximum absolute atomic E-state index is 12.4. The number of hydrogen-bond acceptors (Lipinski definition) is 4. The second kappa shape index (κ2) is 6.39. The van der Waals surface area contributed by atoms with E-state index in [2.05, 4.69) is 9.15 Å². The van der Waals surface area contributed by atoms with Gasteiger partial charge in [-0.05, 0) is 0 Å². The Labute approximate surface area is 99.1 Å². The van der Waals surface area contributed by atoms with Gasteiger partial charge >= 0.3 is 12.3 Å². The van der Waals surface area contributed by atoms with Gasteiger partial charge in [0.2, 0.25) is 11.2 Å². The van der Waals surface area contributed by atoms with Crippen LogP contribution in [-0.2, 0) is 4.74 Å². The van der Waals surface area contributed by atoms with E-state index >= 15 is 0 Å². The summed E-state index contributed by atoms with van der Waals surface area (Å²) in [6.07, 6.45) is -1.59. The van der Waals surface area contributed by atoms with E-state index in [1.54, 1.807) is 0 Å². The molecular formula is C10H10F4O4. The monoisotopic (exact) mass is 270 g/mol. The first-order valence-corrected chi connectivity index (χ1v) is 4.86. The summed E-state index contributed by atoms with van der Waals surface area (Å²) in [6, 6.07) is 1.11. The fourth-order valence-corrected chi connectivity index (χ4v) is 0.929. The zero-order valence-corrected chi connectivity index (χ0v) is 9.08. The van der Waals surface area contributed by atoms with Gasteiger partial charge in [0.1, 0.15) is 19.5 Å². The van der Waals surface area contributed by atoms with E-state index in [0.29, 0.717) is 0 Å². The molecule has 4 nitrogen and oxygen atoms in total. The summed E-state index contributed by atoms with van der Waals surface area (Å²) in [7, 11) is 0. The van der Waals surface area contributed by atoms with E-state index in [4.69, 9.17) is 4.74 Å². The van der Waals surface area contributed by atoms with Crippen LogP contribution in [0.4, 0.5) is 17.6 Å². The maximum Gasteiger partial charge on any atom is 0.330 e. The molecule has 0 N–H and O–H groups in total. The van der Waals surface area contributed by atoms with Crippen LogP contribution in [0.3, 0.4) is 0 Å². The van der Waals surface area contributed by atoms with Crippen molar-refractivity contribution in [3.05, 3.63) is 28.8 Å². The van der Waals surface area contributed by atoms with Gasteiger partial charge in [-0.15, -0.1) is 0 Å². The Hall–Kier alpha value is -1.57. The van der Waals surface area contributed by atoms with Crippen LogP contribution in [0.5, 0.6) is 5.75 Å². The predicted molar refractivity (Wildman–Crippen MR) is 52.2 cm³/mol. The molecule has 0 spiro atoms. The number of ether oxygens (including phenoxy) is 2. The number of halogens is 4. The van der Waals surface area contributed by atoms with Crippen molar-refractivity contribution in [2.45, 2.75) is 12.3 Å². The molecular weight excluding hydrogens is 260 g/mol. The third-order valence-electron chi connectivity index (χ3n) is 1.81. The third kappa shape index (κ3) is 4.36. The highest BCUT2D eigenvalue weighted by Gasteiger charge is 2.40.